The van der Waals surface area contributed by atoms with Crippen molar-refractivity contribution in [3.63, 3.8) is 0 Å². The Labute approximate surface area is 88.4 Å². The highest BCUT2D eigenvalue weighted by Gasteiger charge is 2.18. The number of hydrogen-bond donors (Lipinski definition) is 1. The molecule has 14 heavy (non-hydrogen) atoms. The van der Waals surface area contributed by atoms with E-state index in [2.05, 4.69) is 25.1 Å². The van der Waals surface area contributed by atoms with E-state index in [0.717, 1.165) is 32.2 Å². The molecule has 1 N–H and O–H groups in total. The lowest BCUT2D eigenvalue weighted by Crippen LogP contribution is -2.40. The first-order valence-corrected chi connectivity index (χ1v) is 5.49. The molecule has 0 aromatic rings. The summed E-state index contributed by atoms with van der Waals surface area (Å²) >= 11 is 0. The average molecular weight is 197 g/mol. The van der Waals surface area contributed by atoms with Gasteiger partial charge in [-0.15, -0.1) is 12.3 Å². The molecular formula is C12H23NO. The first kappa shape index (κ1) is 13.5. The molecule has 2 nitrogen and oxygen atoms in total. The molecule has 0 aromatic carbocycles. The first-order chi connectivity index (χ1) is 6.79. The summed E-state index contributed by atoms with van der Waals surface area (Å²) in [6.45, 7) is 5.26. The summed E-state index contributed by atoms with van der Waals surface area (Å²) < 4.78 is 5.47. The molecule has 0 heterocycles. The van der Waals surface area contributed by atoms with Crippen LogP contribution in [0.25, 0.3) is 0 Å². The topological polar surface area (TPSA) is 21.3 Å². The smallest absolute Gasteiger partial charge is 0.0724 e. The van der Waals surface area contributed by atoms with Crippen LogP contribution >= 0.6 is 0 Å². The molecule has 2 unspecified atom stereocenters. The maximum atomic E-state index is 5.47. The average Bonchev–Trinajstić information content (AvgIpc) is 2.21. The van der Waals surface area contributed by atoms with Crippen LogP contribution in [0.1, 0.15) is 39.5 Å². The van der Waals surface area contributed by atoms with Crippen molar-refractivity contribution in [2.24, 2.45) is 0 Å². The van der Waals surface area contributed by atoms with E-state index in [0.29, 0.717) is 12.1 Å². The molecule has 2 atom stereocenters. The van der Waals surface area contributed by atoms with E-state index in [1.54, 1.807) is 7.11 Å². The maximum Gasteiger partial charge on any atom is 0.0724 e. The van der Waals surface area contributed by atoms with Crippen LogP contribution in [0, 0.1) is 12.3 Å². The van der Waals surface area contributed by atoms with Gasteiger partial charge in [0.15, 0.2) is 0 Å². The number of ether oxygens (including phenoxy) is 1. The minimum absolute atomic E-state index is 0.299. The Bertz CT molecular complexity index is 162. The van der Waals surface area contributed by atoms with Crippen molar-refractivity contribution in [1.29, 1.82) is 0 Å². The van der Waals surface area contributed by atoms with E-state index in [1.807, 2.05) is 0 Å². The Morgan fingerprint density at radius 1 is 1.36 bits per heavy atom. The van der Waals surface area contributed by atoms with E-state index < -0.39 is 0 Å². The first-order valence-electron chi connectivity index (χ1n) is 5.49. The van der Waals surface area contributed by atoms with Gasteiger partial charge < -0.3 is 10.1 Å². The zero-order chi connectivity index (χ0) is 10.8. The molecule has 0 aromatic heterocycles. The molecule has 0 amide bonds. The van der Waals surface area contributed by atoms with E-state index in [9.17, 15) is 0 Å². The molecule has 2 heteroatoms. The fraction of sp³-hybridized carbons (Fsp3) is 0.833. The molecule has 0 radical (unpaired) electrons. The van der Waals surface area contributed by atoms with Crippen LogP contribution in [0.15, 0.2) is 0 Å². The number of likely N-dealkylation sites (N-methyl/N-ethyl adjacent to an activating group) is 1. The zero-order valence-electron chi connectivity index (χ0n) is 9.68. The molecule has 0 aliphatic carbocycles. The van der Waals surface area contributed by atoms with Gasteiger partial charge in [0, 0.05) is 19.6 Å². The highest BCUT2D eigenvalue weighted by atomic mass is 16.5. The molecular weight excluding hydrogens is 174 g/mol. The minimum Gasteiger partial charge on any atom is -0.380 e. The number of methoxy groups -OCH3 is 1. The summed E-state index contributed by atoms with van der Waals surface area (Å²) in [7, 11) is 1.78. The van der Waals surface area contributed by atoms with Gasteiger partial charge in [-0.25, -0.2) is 0 Å². The summed E-state index contributed by atoms with van der Waals surface area (Å²) in [5, 5.41) is 3.43. The van der Waals surface area contributed by atoms with Crippen molar-refractivity contribution in [2.75, 3.05) is 13.7 Å². The van der Waals surface area contributed by atoms with Crippen LogP contribution in [-0.2, 0) is 4.74 Å². The minimum atomic E-state index is 0.299. The van der Waals surface area contributed by atoms with Gasteiger partial charge in [0.25, 0.3) is 0 Å². The number of terminal acetylenes is 1. The Kier molecular flexibility index (Phi) is 8.72. The van der Waals surface area contributed by atoms with Crippen molar-refractivity contribution in [1.82, 2.24) is 5.32 Å². The fourth-order valence-corrected chi connectivity index (χ4v) is 1.69. The van der Waals surface area contributed by atoms with Crippen LogP contribution in [0.4, 0.5) is 0 Å². The summed E-state index contributed by atoms with van der Waals surface area (Å²) in [4.78, 5) is 0. The predicted molar refractivity (Wildman–Crippen MR) is 61.2 cm³/mol. The second-order valence-electron chi connectivity index (χ2n) is 3.47. The molecule has 0 rings (SSSR count). The largest absolute Gasteiger partial charge is 0.380 e. The quantitative estimate of drug-likeness (QED) is 0.602. The van der Waals surface area contributed by atoms with Gasteiger partial charge in [0.2, 0.25) is 0 Å². The lowest BCUT2D eigenvalue weighted by molar-refractivity contribution is 0.0591. The van der Waals surface area contributed by atoms with Gasteiger partial charge in [-0.2, -0.15) is 0 Å². The highest BCUT2D eigenvalue weighted by Crippen LogP contribution is 2.11. The highest BCUT2D eigenvalue weighted by molar-refractivity contribution is 4.87. The monoisotopic (exact) mass is 197 g/mol. The van der Waals surface area contributed by atoms with E-state index in [4.69, 9.17) is 11.2 Å². The molecule has 0 spiro atoms. The van der Waals surface area contributed by atoms with Crippen LogP contribution in [-0.4, -0.2) is 25.8 Å². The van der Waals surface area contributed by atoms with Crippen LogP contribution in [0.2, 0.25) is 0 Å². The fourth-order valence-electron chi connectivity index (χ4n) is 1.69. The van der Waals surface area contributed by atoms with Crippen LogP contribution in [0.5, 0.6) is 0 Å². The van der Waals surface area contributed by atoms with Crippen molar-refractivity contribution in [2.45, 2.75) is 51.7 Å². The van der Waals surface area contributed by atoms with Gasteiger partial charge in [0.05, 0.1) is 6.10 Å². The van der Waals surface area contributed by atoms with Gasteiger partial charge in [-0.1, -0.05) is 20.3 Å². The summed E-state index contributed by atoms with van der Waals surface area (Å²) in [6.07, 6.45) is 9.64. The van der Waals surface area contributed by atoms with Crippen molar-refractivity contribution in [3.05, 3.63) is 0 Å². The molecule has 0 aliphatic rings. The molecule has 0 fully saturated rings. The van der Waals surface area contributed by atoms with Crippen LogP contribution < -0.4 is 5.32 Å². The lowest BCUT2D eigenvalue weighted by Gasteiger charge is -2.26. The summed E-state index contributed by atoms with van der Waals surface area (Å²) in [5.41, 5.74) is 0. The summed E-state index contributed by atoms with van der Waals surface area (Å²) in [6, 6.07) is 0.404. The molecule has 82 valence electrons. The standard InChI is InChI=1S/C12H23NO/c1-5-8-10-11(13-7-3)12(14-4)9-6-2/h1,11-13H,6-10H2,2-4H3. The third kappa shape index (κ3) is 5.26. The normalized spacial score (nSPS) is 14.7. The Morgan fingerprint density at radius 2 is 2.07 bits per heavy atom. The zero-order valence-corrected chi connectivity index (χ0v) is 9.68. The lowest BCUT2D eigenvalue weighted by atomic mass is 10.0. The van der Waals surface area contributed by atoms with Crippen molar-refractivity contribution >= 4 is 0 Å². The van der Waals surface area contributed by atoms with Gasteiger partial charge >= 0.3 is 0 Å². The van der Waals surface area contributed by atoms with E-state index in [1.165, 1.54) is 0 Å². The number of hydrogen-bond acceptors (Lipinski definition) is 2. The predicted octanol–water partition coefficient (Wildman–Crippen LogP) is 2.19. The number of rotatable bonds is 8. The Hall–Kier alpha value is -0.520. The van der Waals surface area contributed by atoms with E-state index >= 15 is 0 Å². The number of nitrogens with one attached hydrogen (secondary N) is 1. The van der Waals surface area contributed by atoms with Crippen molar-refractivity contribution in [3.8, 4) is 12.3 Å². The summed E-state index contributed by atoms with van der Waals surface area (Å²) in [5.74, 6) is 2.68. The second-order valence-corrected chi connectivity index (χ2v) is 3.47. The third-order valence-corrected chi connectivity index (χ3v) is 2.39. The Morgan fingerprint density at radius 3 is 2.50 bits per heavy atom. The molecule has 0 bridgehead atoms. The molecule has 0 saturated carbocycles. The van der Waals surface area contributed by atoms with Gasteiger partial charge in [-0.3, -0.25) is 0 Å². The second kappa shape index (κ2) is 9.05. The van der Waals surface area contributed by atoms with Crippen LogP contribution in [0.3, 0.4) is 0 Å². The molecule has 0 saturated heterocycles. The van der Waals surface area contributed by atoms with E-state index in [-0.39, 0.29) is 0 Å². The molecule has 0 aliphatic heterocycles. The maximum absolute atomic E-state index is 5.47. The van der Waals surface area contributed by atoms with Gasteiger partial charge in [0.1, 0.15) is 0 Å². The Balaban J connectivity index is 4.05. The van der Waals surface area contributed by atoms with Gasteiger partial charge in [-0.05, 0) is 19.4 Å². The van der Waals surface area contributed by atoms with Crippen molar-refractivity contribution < 1.29 is 4.74 Å². The third-order valence-electron chi connectivity index (χ3n) is 2.39. The SMILES string of the molecule is C#CCCC(NCC)C(CCC)OC.